The molecule has 1 N–H and O–H groups in total. The number of nitrogens with one attached hydrogen (secondary N) is 1. The smallest absolute Gasteiger partial charge is 0.240 e. The molecule has 0 aromatic heterocycles. The molecule has 0 bridgehead atoms. The number of halogens is 2. The van der Waals surface area contributed by atoms with Crippen molar-refractivity contribution in [1.29, 1.82) is 0 Å². The molecule has 0 unspecified atom stereocenters. The van der Waals surface area contributed by atoms with Gasteiger partial charge in [0.15, 0.2) is 0 Å². The zero-order chi connectivity index (χ0) is 17.7. The Bertz CT molecular complexity index is 762. The summed E-state index contributed by atoms with van der Waals surface area (Å²) in [4.78, 5) is 25.5. The predicted octanol–water partition coefficient (Wildman–Crippen LogP) is 3.97. The minimum atomic E-state index is -0.287. The maximum Gasteiger partial charge on any atom is 0.240 e. The fourth-order valence-corrected chi connectivity index (χ4v) is 2.67. The van der Waals surface area contributed by atoms with Gasteiger partial charge < -0.3 is 10.2 Å². The van der Waals surface area contributed by atoms with Crippen LogP contribution < -0.4 is 10.2 Å². The van der Waals surface area contributed by atoms with Crippen LogP contribution in [0.5, 0.6) is 0 Å². The van der Waals surface area contributed by atoms with Crippen molar-refractivity contribution in [3.05, 3.63) is 63.6 Å². The van der Waals surface area contributed by atoms with Gasteiger partial charge >= 0.3 is 0 Å². The SMILES string of the molecule is CC(=O)N(CC(=O)NCc1ccccc1C)c1cccc(Cl)c1Cl. The Kier molecular flexibility index (Phi) is 6.23. The van der Waals surface area contributed by atoms with Gasteiger partial charge in [0.05, 0.1) is 15.7 Å². The zero-order valence-corrected chi connectivity index (χ0v) is 15.0. The lowest BCUT2D eigenvalue weighted by atomic mass is 10.1. The summed E-state index contributed by atoms with van der Waals surface area (Å²) >= 11 is 12.1. The molecule has 0 atom stereocenters. The highest BCUT2D eigenvalue weighted by Gasteiger charge is 2.19. The molecule has 0 aliphatic rings. The second-order valence-electron chi connectivity index (χ2n) is 5.38. The van der Waals surface area contributed by atoms with E-state index in [1.807, 2.05) is 31.2 Å². The summed E-state index contributed by atoms with van der Waals surface area (Å²) in [7, 11) is 0. The van der Waals surface area contributed by atoms with Crippen molar-refractivity contribution in [2.24, 2.45) is 0 Å². The molecule has 6 heteroatoms. The summed E-state index contributed by atoms with van der Waals surface area (Å²) in [5, 5.41) is 3.41. The van der Waals surface area contributed by atoms with Crippen LogP contribution in [-0.2, 0) is 16.1 Å². The fourth-order valence-electron chi connectivity index (χ4n) is 2.27. The number of benzene rings is 2. The Hall–Kier alpha value is -2.04. The molecule has 0 aliphatic carbocycles. The zero-order valence-electron chi connectivity index (χ0n) is 13.5. The minimum absolute atomic E-state index is 0.124. The highest BCUT2D eigenvalue weighted by molar-refractivity contribution is 6.44. The Morgan fingerprint density at radius 2 is 1.79 bits per heavy atom. The van der Waals surface area contributed by atoms with E-state index in [-0.39, 0.29) is 23.4 Å². The van der Waals surface area contributed by atoms with Crippen LogP contribution in [0.3, 0.4) is 0 Å². The summed E-state index contributed by atoms with van der Waals surface area (Å²) in [5.41, 5.74) is 2.54. The van der Waals surface area contributed by atoms with Crippen LogP contribution in [-0.4, -0.2) is 18.4 Å². The highest BCUT2D eigenvalue weighted by Crippen LogP contribution is 2.32. The number of aryl methyl sites for hydroxylation is 1. The van der Waals surface area contributed by atoms with Gasteiger partial charge in [0.25, 0.3) is 0 Å². The molecule has 2 amide bonds. The van der Waals surface area contributed by atoms with Crippen molar-refractivity contribution in [2.45, 2.75) is 20.4 Å². The number of hydrogen-bond acceptors (Lipinski definition) is 2. The van der Waals surface area contributed by atoms with Crippen molar-refractivity contribution in [3.8, 4) is 0 Å². The van der Waals surface area contributed by atoms with Gasteiger partial charge in [0, 0.05) is 13.5 Å². The molecule has 2 rings (SSSR count). The van der Waals surface area contributed by atoms with Crippen molar-refractivity contribution < 1.29 is 9.59 Å². The van der Waals surface area contributed by atoms with E-state index in [0.29, 0.717) is 17.3 Å². The fraction of sp³-hybridized carbons (Fsp3) is 0.222. The second kappa shape index (κ2) is 8.18. The lowest BCUT2D eigenvalue weighted by Gasteiger charge is -2.22. The van der Waals surface area contributed by atoms with Crippen molar-refractivity contribution in [2.75, 3.05) is 11.4 Å². The maximum atomic E-state index is 12.2. The van der Waals surface area contributed by atoms with E-state index in [0.717, 1.165) is 11.1 Å². The summed E-state index contributed by atoms with van der Waals surface area (Å²) in [6.45, 7) is 3.64. The number of carbonyl (C=O) groups is 2. The van der Waals surface area contributed by atoms with E-state index in [1.54, 1.807) is 18.2 Å². The number of anilines is 1. The van der Waals surface area contributed by atoms with Gasteiger partial charge in [-0.3, -0.25) is 9.59 Å². The first-order valence-electron chi connectivity index (χ1n) is 7.43. The summed E-state index contributed by atoms with van der Waals surface area (Å²) in [6.07, 6.45) is 0. The topological polar surface area (TPSA) is 49.4 Å². The van der Waals surface area contributed by atoms with Crippen LogP contribution in [0.15, 0.2) is 42.5 Å². The van der Waals surface area contributed by atoms with Crippen LogP contribution in [0.1, 0.15) is 18.1 Å². The molecule has 0 heterocycles. The normalized spacial score (nSPS) is 10.3. The molecule has 24 heavy (non-hydrogen) atoms. The average Bonchev–Trinajstić information content (AvgIpc) is 2.54. The number of amides is 2. The van der Waals surface area contributed by atoms with Gasteiger partial charge in [0.2, 0.25) is 11.8 Å². The third-order valence-electron chi connectivity index (χ3n) is 3.64. The molecule has 2 aromatic carbocycles. The lowest BCUT2D eigenvalue weighted by molar-refractivity contribution is -0.123. The first-order valence-corrected chi connectivity index (χ1v) is 8.19. The first-order chi connectivity index (χ1) is 11.4. The van der Waals surface area contributed by atoms with Crippen LogP contribution in [0.4, 0.5) is 5.69 Å². The van der Waals surface area contributed by atoms with Gasteiger partial charge in [-0.1, -0.05) is 53.5 Å². The van der Waals surface area contributed by atoms with Crippen LogP contribution >= 0.6 is 23.2 Å². The quantitative estimate of drug-likeness (QED) is 0.872. The lowest BCUT2D eigenvalue weighted by Crippen LogP contribution is -2.39. The molecule has 0 fully saturated rings. The molecule has 4 nitrogen and oxygen atoms in total. The molecule has 0 saturated carbocycles. The molecule has 0 spiro atoms. The molecule has 0 saturated heterocycles. The Morgan fingerprint density at radius 1 is 1.08 bits per heavy atom. The monoisotopic (exact) mass is 364 g/mol. The molecular formula is C18H18Cl2N2O2. The van der Waals surface area contributed by atoms with Crippen LogP contribution in [0, 0.1) is 6.92 Å². The van der Waals surface area contributed by atoms with Crippen molar-refractivity contribution >= 4 is 40.7 Å². The van der Waals surface area contributed by atoms with Gasteiger partial charge in [0.1, 0.15) is 6.54 Å². The summed E-state index contributed by atoms with van der Waals surface area (Å²) < 4.78 is 0. The van der Waals surface area contributed by atoms with Gasteiger partial charge in [-0.15, -0.1) is 0 Å². The molecule has 0 aliphatic heterocycles. The van der Waals surface area contributed by atoms with Crippen LogP contribution in [0.2, 0.25) is 10.0 Å². The van der Waals surface area contributed by atoms with Gasteiger partial charge in [-0.25, -0.2) is 0 Å². The number of rotatable bonds is 5. The second-order valence-corrected chi connectivity index (χ2v) is 6.17. The third-order valence-corrected chi connectivity index (χ3v) is 4.45. The van der Waals surface area contributed by atoms with E-state index in [1.165, 1.54) is 11.8 Å². The Morgan fingerprint density at radius 3 is 2.46 bits per heavy atom. The van der Waals surface area contributed by atoms with E-state index in [9.17, 15) is 9.59 Å². The predicted molar refractivity (Wildman–Crippen MR) is 97.5 cm³/mol. The van der Waals surface area contributed by atoms with Crippen molar-refractivity contribution in [1.82, 2.24) is 5.32 Å². The highest BCUT2D eigenvalue weighted by atomic mass is 35.5. The first kappa shape index (κ1) is 18.3. The number of nitrogens with zero attached hydrogens (tertiary/aromatic N) is 1. The minimum Gasteiger partial charge on any atom is -0.350 e. The Labute approximate surface area is 151 Å². The van der Waals surface area contributed by atoms with Gasteiger partial charge in [-0.2, -0.15) is 0 Å². The maximum absolute atomic E-state index is 12.2. The van der Waals surface area contributed by atoms with E-state index in [4.69, 9.17) is 23.2 Å². The standard InChI is InChI=1S/C18H18Cl2N2O2/c1-12-6-3-4-7-14(12)10-21-17(24)11-22(13(2)23)16-9-5-8-15(19)18(16)20/h3-9H,10-11H2,1-2H3,(H,21,24). The van der Waals surface area contributed by atoms with E-state index in [2.05, 4.69) is 5.32 Å². The number of carbonyl (C=O) groups excluding carboxylic acids is 2. The average molecular weight is 365 g/mol. The summed E-state index contributed by atoms with van der Waals surface area (Å²) in [6, 6.07) is 12.8. The molecule has 126 valence electrons. The van der Waals surface area contributed by atoms with Gasteiger partial charge in [-0.05, 0) is 30.2 Å². The third kappa shape index (κ3) is 4.49. The largest absolute Gasteiger partial charge is 0.350 e. The molecular weight excluding hydrogens is 347 g/mol. The van der Waals surface area contributed by atoms with E-state index >= 15 is 0 Å². The van der Waals surface area contributed by atoms with E-state index < -0.39 is 0 Å². The Balaban J connectivity index is 2.08. The molecule has 0 radical (unpaired) electrons. The van der Waals surface area contributed by atoms with Crippen LogP contribution in [0.25, 0.3) is 0 Å². The summed E-state index contributed by atoms with van der Waals surface area (Å²) in [5.74, 6) is -0.560. The van der Waals surface area contributed by atoms with Crippen molar-refractivity contribution in [3.63, 3.8) is 0 Å². The number of hydrogen-bond donors (Lipinski definition) is 1. The molecule has 2 aromatic rings.